The van der Waals surface area contributed by atoms with E-state index in [4.69, 9.17) is 11.6 Å². The molecule has 0 unspecified atom stereocenters. The van der Waals surface area contributed by atoms with Crippen LogP contribution in [0.1, 0.15) is 43.9 Å². The molecule has 0 aromatic heterocycles. The standard InChI is InChI=1S/C30H35ClFN3O4S/c1-6-22(4)33-30(37)23(5)34(18-24-10-12-25(32)13-11-24)29(36)19-35(26-14-9-21(3)28(31)17-26)40(38,39)27-15-7-20(2)8-16-27/h7-17,22-23H,6,18-19H2,1-5H3,(H,33,37)/t22-,23-/m0/s1. The van der Waals surface area contributed by atoms with Crippen LogP contribution in [0.3, 0.4) is 0 Å². The van der Waals surface area contributed by atoms with Gasteiger partial charge in [-0.05, 0) is 81.6 Å². The zero-order chi connectivity index (χ0) is 29.6. The van der Waals surface area contributed by atoms with Gasteiger partial charge in [-0.2, -0.15) is 0 Å². The number of benzene rings is 3. The number of sulfonamides is 1. The first kappa shape index (κ1) is 31.1. The van der Waals surface area contributed by atoms with Gasteiger partial charge in [-0.15, -0.1) is 0 Å². The molecule has 214 valence electrons. The maximum absolute atomic E-state index is 13.9. The summed E-state index contributed by atoms with van der Waals surface area (Å²) < 4.78 is 42.3. The first-order chi connectivity index (χ1) is 18.8. The molecule has 0 saturated carbocycles. The van der Waals surface area contributed by atoms with Crippen LogP contribution in [-0.2, 0) is 26.2 Å². The van der Waals surface area contributed by atoms with Gasteiger partial charge >= 0.3 is 0 Å². The average molecular weight is 588 g/mol. The van der Waals surface area contributed by atoms with E-state index in [2.05, 4.69) is 5.32 Å². The summed E-state index contributed by atoms with van der Waals surface area (Å²) in [5.74, 6) is -1.42. The lowest BCUT2D eigenvalue weighted by atomic mass is 10.1. The zero-order valence-corrected chi connectivity index (χ0v) is 24.9. The van der Waals surface area contributed by atoms with Gasteiger partial charge in [0.15, 0.2) is 0 Å². The molecule has 0 saturated heterocycles. The third kappa shape index (κ3) is 7.61. The molecule has 0 bridgehead atoms. The number of aryl methyl sites for hydroxylation is 2. The number of halogens is 2. The molecule has 0 aliphatic rings. The van der Waals surface area contributed by atoms with Crippen LogP contribution >= 0.6 is 11.6 Å². The molecule has 0 spiro atoms. The Morgan fingerprint density at radius 1 is 0.975 bits per heavy atom. The fourth-order valence-corrected chi connectivity index (χ4v) is 5.52. The number of hydrogen-bond acceptors (Lipinski definition) is 4. The monoisotopic (exact) mass is 587 g/mol. The van der Waals surface area contributed by atoms with Crippen molar-refractivity contribution in [1.82, 2.24) is 10.2 Å². The van der Waals surface area contributed by atoms with Crippen molar-refractivity contribution in [2.75, 3.05) is 10.8 Å². The molecule has 0 heterocycles. The Kier molecular flexibility index (Phi) is 10.3. The second kappa shape index (κ2) is 13.3. The Morgan fingerprint density at radius 2 is 1.60 bits per heavy atom. The lowest BCUT2D eigenvalue weighted by Crippen LogP contribution is -2.52. The molecule has 3 rings (SSSR count). The number of anilines is 1. The zero-order valence-electron chi connectivity index (χ0n) is 23.3. The van der Waals surface area contributed by atoms with Gasteiger partial charge in [-0.1, -0.05) is 54.4 Å². The van der Waals surface area contributed by atoms with Crippen molar-refractivity contribution >= 4 is 39.1 Å². The highest BCUT2D eigenvalue weighted by Crippen LogP contribution is 2.29. The smallest absolute Gasteiger partial charge is 0.264 e. The van der Waals surface area contributed by atoms with Crippen LogP contribution < -0.4 is 9.62 Å². The van der Waals surface area contributed by atoms with Crippen LogP contribution in [0.25, 0.3) is 0 Å². The van der Waals surface area contributed by atoms with E-state index >= 15 is 0 Å². The van der Waals surface area contributed by atoms with Crippen LogP contribution in [-0.4, -0.2) is 43.8 Å². The number of nitrogens with one attached hydrogen (secondary N) is 1. The first-order valence-electron chi connectivity index (χ1n) is 13.0. The second-order valence-corrected chi connectivity index (χ2v) is 12.2. The van der Waals surface area contributed by atoms with Gasteiger partial charge in [-0.25, -0.2) is 12.8 Å². The quantitative estimate of drug-likeness (QED) is 0.315. The average Bonchev–Trinajstić information content (AvgIpc) is 2.92. The number of rotatable bonds is 11. The number of hydrogen-bond donors (Lipinski definition) is 1. The molecule has 7 nitrogen and oxygen atoms in total. The van der Waals surface area contributed by atoms with Crippen molar-refractivity contribution < 1.29 is 22.4 Å². The maximum atomic E-state index is 13.9. The van der Waals surface area contributed by atoms with Crippen LogP contribution in [0.4, 0.5) is 10.1 Å². The second-order valence-electron chi connectivity index (χ2n) is 9.90. The van der Waals surface area contributed by atoms with Gasteiger partial charge in [0, 0.05) is 17.6 Å². The van der Waals surface area contributed by atoms with E-state index in [1.54, 1.807) is 38.1 Å². The van der Waals surface area contributed by atoms with E-state index < -0.39 is 34.3 Å². The van der Waals surface area contributed by atoms with Crippen molar-refractivity contribution in [1.29, 1.82) is 0 Å². The largest absolute Gasteiger partial charge is 0.352 e. The third-order valence-corrected chi connectivity index (χ3v) is 8.96. The molecule has 0 aliphatic carbocycles. The summed E-state index contributed by atoms with van der Waals surface area (Å²) in [5.41, 5.74) is 2.43. The molecule has 2 atom stereocenters. The number of carbonyl (C=O) groups excluding carboxylic acids is 2. The van der Waals surface area contributed by atoms with E-state index in [9.17, 15) is 22.4 Å². The van der Waals surface area contributed by atoms with Crippen LogP contribution in [0.5, 0.6) is 0 Å². The fraction of sp³-hybridized carbons (Fsp3) is 0.333. The van der Waals surface area contributed by atoms with Crippen molar-refractivity contribution in [3.05, 3.63) is 94.3 Å². The number of carbonyl (C=O) groups is 2. The molecular formula is C30H35ClFN3O4S. The van der Waals surface area contributed by atoms with Gasteiger partial charge in [0.2, 0.25) is 11.8 Å². The van der Waals surface area contributed by atoms with Crippen LogP contribution in [0.2, 0.25) is 5.02 Å². The van der Waals surface area contributed by atoms with E-state index in [0.717, 1.165) is 15.4 Å². The van der Waals surface area contributed by atoms with Crippen molar-refractivity contribution in [2.24, 2.45) is 0 Å². The molecule has 0 fully saturated rings. The van der Waals surface area contributed by atoms with Crippen LogP contribution in [0, 0.1) is 19.7 Å². The SMILES string of the molecule is CC[C@H](C)NC(=O)[C@H](C)N(Cc1ccc(F)cc1)C(=O)CN(c1ccc(C)c(Cl)c1)S(=O)(=O)c1ccc(C)cc1. The molecule has 40 heavy (non-hydrogen) atoms. The highest BCUT2D eigenvalue weighted by Gasteiger charge is 2.33. The molecule has 3 aromatic carbocycles. The summed E-state index contributed by atoms with van der Waals surface area (Å²) in [6, 6.07) is 15.6. The van der Waals surface area contributed by atoms with Crippen molar-refractivity contribution in [2.45, 2.75) is 64.6 Å². The highest BCUT2D eigenvalue weighted by molar-refractivity contribution is 7.92. The third-order valence-electron chi connectivity index (χ3n) is 6.77. The van der Waals surface area contributed by atoms with Crippen molar-refractivity contribution in [3.8, 4) is 0 Å². The normalized spacial score (nSPS) is 12.9. The summed E-state index contributed by atoms with van der Waals surface area (Å²) in [6.07, 6.45) is 0.696. The van der Waals surface area contributed by atoms with Crippen LogP contribution in [0.15, 0.2) is 71.6 Å². The lowest BCUT2D eigenvalue weighted by molar-refractivity contribution is -0.139. The van der Waals surface area contributed by atoms with Gasteiger partial charge < -0.3 is 10.2 Å². The van der Waals surface area contributed by atoms with Gasteiger partial charge in [0.25, 0.3) is 10.0 Å². The predicted molar refractivity (Wildman–Crippen MR) is 156 cm³/mol. The van der Waals surface area contributed by atoms with Gasteiger partial charge in [0.1, 0.15) is 18.4 Å². The highest BCUT2D eigenvalue weighted by atomic mass is 35.5. The fourth-order valence-electron chi connectivity index (χ4n) is 3.94. The predicted octanol–water partition coefficient (Wildman–Crippen LogP) is 5.62. The summed E-state index contributed by atoms with van der Waals surface area (Å²) in [6.45, 7) is 8.39. The van der Waals surface area contributed by atoms with E-state index in [0.29, 0.717) is 17.0 Å². The Labute approximate surface area is 241 Å². The lowest BCUT2D eigenvalue weighted by Gasteiger charge is -2.32. The van der Waals surface area contributed by atoms with Gasteiger partial charge in [-0.3, -0.25) is 13.9 Å². The minimum absolute atomic E-state index is 0.00949. The minimum Gasteiger partial charge on any atom is -0.352 e. The molecule has 10 heteroatoms. The summed E-state index contributed by atoms with van der Waals surface area (Å²) in [7, 11) is -4.20. The molecule has 0 aliphatic heterocycles. The number of nitrogens with zero attached hydrogens (tertiary/aromatic N) is 2. The summed E-state index contributed by atoms with van der Waals surface area (Å²) >= 11 is 6.35. The Balaban J connectivity index is 2.04. The Hall–Kier alpha value is -3.43. The van der Waals surface area contributed by atoms with E-state index in [1.807, 2.05) is 20.8 Å². The summed E-state index contributed by atoms with van der Waals surface area (Å²) in [5, 5.41) is 3.22. The molecule has 1 N–H and O–H groups in total. The van der Waals surface area contributed by atoms with Crippen molar-refractivity contribution in [3.63, 3.8) is 0 Å². The summed E-state index contributed by atoms with van der Waals surface area (Å²) in [4.78, 5) is 28.3. The minimum atomic E-state index is -4.20. The Morgan fingerprint density at radius 3 is 2.17 bits per heavy atom. The first-order valence-corrected chi connectivity index (χ1v) is 14.8. The topological polar surface area (TPSA) is 86.8 Å². The van der Waals surface area contributed by atoms with Gasteiger partial charge in [0.05, 0.1) is 10.6 Å². The van der Waals surface area contributed by atoms with E-state index in [1.165, 1.54) is 47.4 Å². The molecule has 2 amide bonds. The molecular weight excluding hydrogens is 553 g/mol. The van der Waals surface area contributed by atoms with E-state index in [-0.39, 0.29) is 29.1 Å². The number of amides is 2. The Bertz CT molecular complexity index is 1450. The maximum Gasteiger partial charge on any atom is 0.264 e. The molecule has 0 radical (unpaired) electrons. The molecule has 3 aromatic rings.